The summed E-state index contributed by atoms with van der Waals surface area (Å²) in [6.45, 7) is 4.13. The highest BCUT2D eigenvalue weighted by Crippen LogP contribution is 2.29. The molecule has 0 fully saturated rings. The summed E-state index contributed by atoms with van der Waals surface area (Å²) in [6, 6.07) is 15.3. The number of aromatic nitrogens is 3. The molecular weight excluding hydrogens is 378 g/mol. The Labute approximate surface area is 174 Å². The minimum atomic E-state index is -0.261. The fourth-order valence-electron chi connectivity index (χ4n) is 3.21. The molecule has 0 atom stereocenters. The molecule has 2 N–H and O–H groups in total. The number of nitrogens with one attached hydrogen (secondary N) is 2. The van der Waals surface area contributed by atoms with Gasteiger partial charge in [-0.05, 0) is 49.2 Å². The van der Waals surface area contributed by atoms with E-state index >= 15 is 0 Å². The predicted octanol–water partition coefficient (Wildman–Crippen LogP) is 4.48. The summed E-state index contributed by atoms with van der Waals surface area (Å²) in [5.74, 6) is 1.66. The Morgan fingerprint density at radius 3 is 2.63 bits per heavy atom. The fraction of sp³-hybridized carbons (Fsp3) is 0.174. The minimum Gasteiger partial charge on any atom is -0.457 e. The first-order valence-electron chi connectivity index (χ1n) is 9.61. The Kier molecular flexibility index (Phi) is 5.10. The number of fused-ring (bicyclic) bond motifs is 1. The first-order valence-corrected chi connectivity index (χ1v) is 9.61. The minimum absolute atomic E-state index is 0.261. The van der Waals surface area contributed by atoms with Crippen LogP contribution in [0.5, 0.6) is 11.5 Å². The summed E-state index contributed by atoms with van der Waals surface area (Å²) in [5.41, 5.74) is 5.46. The van der Waals surface area contributed by atoms with Crippen LogP contribution in [0.15, 0.2) is 54.7 Å². The van der Waals surface area contributed by atoms with Gasteiger partial charge in [-0.15, -0.1) is 0 Å². The topological polar surface area (TPSA) is 81.1 Å². The van der Waals surface area contributed by atoms with E-state index in [9.17, 15) is 4.79 Å². The number of rotatable bonds is 5. The molecule has 0 radical (unpaired) electrons. The van der Waals surface area contributed by atoms with Crippen molar-refractivity contribution in [3.63, 3.8) is 0 Å². The third-order valence-corrected chi connectivity index (χ3v) is 4.92. The summed E-state index contributed by atoms with van der Waals surface area (Å²) in [5, 5.41) is 5.98. The molecule has 7 nitrogen and oxygen atoms in total. The number of pyridine rings is 1. The van der Waals surface area contributed by atoms with Crippen LogP contribution < -0.4 is 15.4 Å². The van der Waals surface area contributed by atoms with Crippen molar-refractivity contribution in [3.8, 4) is 11.5 Å². The number of nitrogens with zero attached hydrogens (tertiary/aromatic N) is 3. The molecule has 2 aromatic carbocycles. The van der Waals surface area contributed by atoms with Gasteiger partial charge in [-0.25, -0.2) is 4.98 Å². The Bertz CT molecular complexity index is 1250. The lowest BCUT2D eigenvalue weighted by atomic mass is 10.1. The molecule has 4 aromatic rings. The maximum Gasteiger partial charge on any atom is 0.269 e. The molecule has 0 aliphatic carbocycles. The van der Waals surface area contributed by atoms with Crippen LogP contribution in [0.1, 0.15) is 21.6 Å². The lowest BCUT2D eigenvalue weighted by Crippen LogP contribution is -2.18. The summed E-state index contributed by atoms with van der Waals surface area (Å²) < 4.78 is 7.95. The molecule has 0 spiro atoms. The lowest BCUT2D eigenvalue weighted by molar-refractivity contribution is 0.0958. The van der Waals surface area contributed by atoms with E-state index in [1.54, 1.807) is 25.4 Å². The van der Waals surface area contributed by atoms with Crippen molar-refractivity contribution in [1.82, 2.24) is 19.9 Å². The van der Waals surface area contributed by atoms with Crippen LogP contribution in [0.4, 0.5) is 11.6 Å². The van der Waals surface area contributed by atoms with Gasteiger partial charge < -0.3 is 19.9 Å². The number of carbonyl (C=O) groups is 1. The third-order valence-electron chi connectivity index (χ3n) is 4.92. The van der Waals surface area contributed by atoms with Gasteiger partial charge in [-0.2, -0.15) is 0 Å². The van der Waals surface area contributed by atoms with Crippen LogP contribution in [0.3, 0.4) is 0 Å². The third kappa shape index (κ3) is 3.82. The van der Waals surface area contributed by atoms with Gasteiger partial charge in [0.2, 0.25) is 5.95 Å². The molecule has 4 rings (SSSR count). The molecule has 0 saturated heterocycles. The number of hydrogen-bond donors (Lipinski definition) is 2. The van der Waals surface area contributed by atoms with Crippen molar-refractivity contribution in [2.24, 2.45) is 7.05 Å². The fourth-order valence-corrected chi connectivity index (χ4v) is 3.21. The zero-order valence-electron chi connectivity index (χ0n) is 17.4. The van der Waals surface area contributed by atoms with Gasteiger partial charge >= 0.3 is 0 Å². The van der Waals surface area contributed by atoms with Crippen LogP contribution in [0.25, 0.3) is 11.0 Å². The van der Waals surface area contributed by atoms with Crippen molar-refractivity contribution >= 4 is 28.6 Å². The van der Waals surface area contributed by atoms with Crippen molar-refractivity contribution in [2.75, 3.05) is 12.4 Å². The number of aryl methyl sites for hydroxylation is 3. The molecule has 0 bridgehead atoms. The zero-order valence-corrected chi connectivity index (χ0v) is 17.4. The Morgan fingerprint density at radius 2 is 1.83 bits per heavy atom. The van der Waals surface area contributed by atoms with Crippen molar-refractivity contribution in [1.29, 1.82) is 0 Å². The molecular formula is C23H23N5O2. The average molecular weight is 401 g/mol. The average Bonchev–Trinajstić information content (AvgIpc) is 3.05. The van der Waals surface area contributed by atoms with Gasteiger partial charge in [0, 0.05) is 38.1 Å². The normalized spacial score (nSPS) is 10.8. The van der Waals surface area contributed by atoms with Crippen LogP contribution in [0, 0.1) is 13.8 Å². The maximum atomic E-state index is 11.8. The van der Waals surface area contributed by atoms with Gasteiger partial charge in [0.1, 0.15) is 17.2 Å². The molecule has 152 valence electrons. The van der Waals surface area contributed by atoms with E-state index < -0.39 is 0 Å². The van der Waals surface area contributed by atoms with Gasteiger partial charge in [0.25, 0.3) is 5.91 Å². The van der Waals surface area contributed by atoms with Crippen LogP contribution in [-0.2, 0) is 7.05 Å². The van der Waals surface area contributed by atoms with E-state index in [1.165, 1.54) is 5.56 Å². The summed E-state index contributed by atoms with van der Waals surface area (Å²) >= 11 is 0. The standard InChI is InChI=1S/C23H23N5O2/c1-14-5-6-15(2)18(11-14)26-23-27-19-12-16(7-8-21(19)28(23)4)30-17-9-10-25-20(13-17)22(29)24-3/h5-13H,1-4H3,(H,24,29)(H,26,27). The molecule has 0 saturated carbocycles. The molecule has 30 heavy (non-hydrogen) atoms. The number of ether oxygens (including phenoxy) is 1. The number of anilines is 2. The van der Waals surface area contributed by atoms with Gasteiger partial charge in [-0.3, -0.25) is 9.78 Å². The Morgan fingerprint density at radius 1 is 1.03 bits per heavy atom. The second-order valence-corrected chi connectivity index (χ2v) is 7.15. The second-order valence-electron chi connectivity index (χ2n) is 7.15. The number of carbonyl (C=O) groups excluding carboxylic acids is 1. The highest BCUT2D eigenvalue weighted by Gasteiger charge is 2.12. The Balaban J connectivity index is 1.62. The number of hydrogen-bond acceptors (Lipinski definition) is 5. The summed E-state index contributed by atoms with van der Waals surface area (Å²) in [4.78, 5) is 20.6. The second kappa shape index (κ2) is 7.87. The van der Waals surface area contributed by atoms with E-state index in [0.717, 1.165) is 28.2 Å². The summed E-state index contributed by atoms with van der Waals surface area (Å²) in [7, 11) is 3.54. The van der Waals surface area contributed by atoms with Gasteiger partial charge in [0.05, 0.1) is 11.0 Å². The number of imidazole rings is 1. The van der Waals surface area contributed by atoms with Crippen LogP contribution >= 0.6 is 0 Å². The molecule has 0 aliphatic heterocycles. The van der Waals surface area contributed by atoms with E-state index in [-0.39, 0.29) is 5.91 Å². The van der Waals surface area contributed by atoms with Crippen molar-refractivity contribution < 1.29 is 9.53 Å². The highest BCUT2D eigenvalue weighted by atomic mass is 16.5. The zero-order chi connectivity index (χ0) is 21.3. The van der Waals surface area contributed by atoms with Crippen molar-refractivity contribution in [3.05, 3.63) is 71.5 Å². The van der Waals surface area contributed by atoms with E-state index in [4.69, 9.17) is 9.72 Å². The van der Waals surface area contributed by atoms with E-state index in [0.29, 0.717) is 17.2 Å². The smallest absolute Gasteiger partial charge is 0.269 e. The molecule has 1 amide bonds. The van der Waals surface area contributed by atoms with Gasteiger partial charge in [-0.1, -0.05) is 12.1 Å². The SMILES string of the molecule is CNC(=O)c1cc(Oc2ccc3c(c2)nc(Nc2cc(C)ccc2C)n3C)ccn1. The first kappa shape index (κ1) is 19.4. The van der Waals surface area contributed by atoms with Crippen LogP contribution in [0.2, 0.25) is 0 Å². The monoisotopic (exact) mass is 401 g/mol. The molecule has 2 aromatic heterocycles. The molecule has 7 heteroatoms. The predicted molar refractivity (Wildman–Crippen MR) is 118 cm³/mol. The molecule has 0 unspecified atom stereocenters. The Hall–Kier alpha value is -3.87. The van der Waals surface area contributed by atoms with E-state index in [2.05, 4.69) is 47.7 Å². The number of benzene rings is 2. The lowest BCUT2D eigenvalue weighted by Gasteiger charge is -2.10. The number of amides is 1. The first-order chi connectivity index (χ1) is 14.4. The molecule has 2 heterocycles. The maximum absolute atomic E-state index is 11.8. The van der Waals surface area contributed by atoms with Gasteiger partial charge in [0.15, 0.2) is 0 Å². The van der Waals surface area contributed by atoms with E-state index in [1.807, 2.05) is 29.8 Å². The van der Waals surface area contributed by atoms with Crippen molar-refractivity contribution in [2.45, 2.75) is 13.8 Å². The summed E-state index contributed by atoms with van der Waals surface area (Å²) in [6.07, 6.45) is 1.55. The highest BCUT2D eigenvalue weighted by molar-refractivity contribution is 5.92. The molecule has 0 aliphatic rings. The van der Waals surface area contributed by atoms with Crippen LogP contribution in [-0.4, -0.2) is 27.5 Å². The quantitative estimate of drug-likeness (QED) is 0.515. The largest absolute Gasteiger partial charge is 0.457 e.